The van der Waals surface area contributed by atoms with Crippen LogP contribution in [0.2, 0.25) is 0 Å². The summed E-state index contributed by atoms with van der Waals surface area (Å²) >= 11 is 3.51. The highest BCUT2D eigenvalue weighted by atomic mass is 79.9. The Kier molecular flexibility index (Phi) is 4.93. The highest BCUT2D eigenvalue weighted by Crippen LogP contribution is 2.25. The topological polar surface area (TPSA) is 38.3 Å². The molecule has 0 fully saturated rings. The summed E-state index contributed by atoms with van der Waals surface area (Å²) in [5.41, 5.74) is 2.60. The van der Waals surface area contributed by atoms with Crippen molar-refractivity contribution in [3.8, 4) is 0 Å². The predicted octanol–water partition coefficient (Wildman–Crippen LogP) is 3.82. The molecule has 1 aromatic carbocycles. The van der Waals surface area contributed by atoms with E-state index in [0.29, 0.717) is 6.42 Å². The molecule has 0 unspecified atom stereocenters. The third kappa shape index (κ3) is 4.10. The second kappa shape index (κ2) is 5.85. The molecule has 1 aromatic rings. The van der Waals surface area contributed by atoms with E-state index in [1.165, 1.54) is 0 Å². The Morgan fingerprint density at radius 1 is 1.33 bits per heavy atom. The molecule has 4 heteroatoms. The second-order valence-corrected chi connectivity index (χ2v) is 5.91. The summed E-state index contributed by atoms with van der Waals surface area (Å²) in [5.74, 6) is -0.0389. The summed E-state index contributed by atoms with van der Waals surface area (Å²) in [6.45, 7) is 7.80. The molecular weight excluding hydrogens is 294 g/mol. The maximum absolute atomic E-state index is 11.9. The lowest BCUT2D eigenvalue weighted by Crippen LogP contribution is -2.29. The van der Waals surface area contributed by atoms with Crippen molar-refractivity contribution in [2.75, 3.05) is 12.4 Å². The fraction of sp³-hybridized carbons (Fsp3) is 0.500. The Bertz CT molecular complexity index is 432. The summed E-state index contributed by atoms with van der Waals surface area (Å²) in [4.78, 5) is 11.9. The number of hydrogen-bond donors (Lipinski definition) is 1. The van der Waals surface area contributed by atoms with Crippen LogP contribution in [0, 0.1) is 13.8 Å². The summed E-state index contributed by atoms with van der Waals surface area (Å²) in [7, 11) is 1.61. The fourth-order valence-corrected chi connectivity index (χ4v) is 1.91. The maximum atomic E-state index is 11.9. The molecule has 0 saturated carbocycles. The Morgan fingerprint density at radius 2 is 1.83 bits per heavy atom. The van der Waals surface area contributed by atoms with Crippen LogP contribution in [-0.2, 0) is 9.53 Å². The summed E-state index contributed by atoms with van der Waals surface area (Å²) < 4.78 is 6.33. The minimum absolute atomic E-state index is 0.0389. The van der Waals surface area contributed by atoms with Crippen molar-refractivity contribution in [2.24, 2.45) is 0 Å². The minimum Gasteiger partial charge on any atom is -0.378 e. The van der Waals surface area contributed by atoms with Gasteiger partial charge in [-0.15, -0.1) is 0 Å². The van der Waals surface area contributed by atoms with Gasteiger partial charge in [0.25, 0.3) is 0 Å². The first-order valence-corrected chi connectivity index (χ1v) is 6.66. The molecule has 100 valence electrons. The van der Waals surface area contributed by atoms with Crippen LogP contribution in [0.5, 0.6) is 0 Å². The van der Waals surface area contributed by atoms with Gasteiger partial charge >= 0.3 is 0 Å². The normalized spacial score (nSPS) is 11.4. The van der Waals surface area contributed by atoms with Crippen LogP contribution < -0.4 is 5.32 Å². The van der Waals surface area contributed by atoms with E-state index in [0.717, 1.165) is 21.3 Å². The van der Waals surface area contributed by atoms with Crippen LogP contribution >= 0.6 is 15.9 Å². The van der Waals surface area contributed by atoms with E-state index in [1.807, 2.05) is 39.8 Å². The number of nitrogens with one attached hydrogen (secondary N) is 1. The number of benzene rings is 1. The van der Waals surface area contributed by atoms with Crippen LogP contribution in [0.25, 0.3) is 0 Å². The summed E-state index contributed by atoms with van der Waals surface area (Å²) in [6.07, 6.45) is 0.331. The van der Waals surface area contributed by atoms with Gasteiger partial charge in [0.1, 0.15) is 0 Å². The number of carbonyl (C=O) groups excluding carboxylic acids is 1. The van der Waals surface area contributed by atoms with Gasteiger partial charge in [0.15, 0.2) is 0 Å². The molecular formula is C14H20BrNO2. The number of ether oxygens (including phenoxy) is 1. The first-order chi connectivity index (χ1) is 8.25. The number of halogens is 1. The predicted molar refractivity (Wildman–Crippen MR) is 78.0 cm³/mol. The molecule has 0 aliphatic carbocycles. The molecule has 0 heterocycles. The third-order valence-corrected chi connectivity index (χ3v) is 4.11. The first-order valence-electron chi connectivity index (χ1n) is 5.87. The van der Waals surface area contributed by atoms with Crippen LogP contribution in [0.4, 0.5) is 5.69 Å². The molecule has 0 aliphatic heterocycles. The van der Waals surface area contributed by atoms with Crippen molar-refractivity contribution in [2.45, 2.75) is 39.7 Å². The van der Waals surface area contributed by atoms with Gasteiger partial charge in [-0.2, -0.15) is 0 Å². The SMILES string of the molecule is COC(C)(C)CC(=O)Nc1cc(C)c(Br)c(C)c1. The smallest absolute Gasteiger partial charge is 0.227 e. The molecule has 0 aliphatic rings. The second-order valence-electron chi connectivity index (χ2n) is 5.11. The van der Waals surface area contributed by atoms with Crippen molar-refractivity contribution in [1.29, 1.82) is 0 Å². The molecule has 3 nitrogen and oxygen atoms in total. The lowest BCUT2D eigenvalue weighted by atomic mass is 10.0. The van der Waals surface area contributed by atoms with E-state index in [4.69, 9.17) is 4.74 Å². The molecule has 0 radical (unpaired) electrons. The van der Waals surface area contributed by atoms with Crippen molar-refractivity contribution < 1.29 is 9.53 Å². The average molecular weight is 314 g/mol. The monoisotopic (exact) mass is 313 g/mol. The zero-order valence-corrected chi connectivity index (χ0v) is 13.1. The number of methoxy groups -OCH3 is 1. The van der Waals surface area contributed by atoms with E-state index in [2.05, 4.69) is 21.2 Å². The highest BCUT2D eigenvalue weighted by Gasteiger charge is 2.21. The molecule has 1 rings (SSSR count). The zero-order chi connectivity index (χ0) is 13.9. The van der Waals surface area contributed by atoms with Crippen molar-refractivity contribution in [1.82, 2.24) is 0 Å². The Hall–Kier alpha value is -0.870. The van der Waals surface area contributed by atoms with Gasteiger partial charge in [-0.1, -0.05) is 15.9 Å². The molecule has 0 saturated heterocycles. The molecule has 0 bridgehead atoms. The zero-order valence-electron chi connectivity index (χ0n) is 11.6. The van der Waals surface area contributed by atoms with Crippen molar-refractivity contribution in [3.05, 3.63) is 27.7 Å². The van der Waals surface area contributed by atoms with Crippen LogP contribution in [0.15, 0.2) is 16.6 Å². The number of anilines is 1. The average Bonchev–Trinajstić information content (AvgIpc) is 2.25. The molecule has 1 amide bonds. The van der Waals surface area contributed by atoms with E-state index in [9.17, 15) is 4.79 Å². The number of rotatable bonds is 4. The third-order valence-electron chi connectivity index (χ3n) is 2.86. The van der Waals surface area contributed by atoms with Crippen LogP contribution in [0.3, 0.4) is 0 Å². The van der Waals surface area contributed by atoms with E-state index in [1.54, 1.807) is 7.11 Å². The van der Waals surface area contributed by atoms with Crippen molar-refractivity contribution in [3.63, 3.8) is 0 Å². The number of amides is 1. The first kappa shape index (κ1) is 15.2. The minimum atomic E-state index is -0.441. The van der Waals surface area contributed by atoms with E-state index >= 15 is 0 Å². The quantitative estimate of drug-likeness (QED) is 0.917. The fourth-order valence-electron chi connectivity index (χ4n) is 1.68. The largest absolute Gasteiger partial charge is 0.378 e. The summed E-state index contributed by atoms with van der Waals surface area (Å²) in [6, 6.07) is 3.91. The Morgan fingerprint density at radius 3 is 2.28 bits per heavy atom. The van der Waals surface area contributed by atoms with Crippen LogP contribution in [0.1, 0.15) is 31.4 Å². The molecule has 0 spiro atoms. The van der Waals surface area contributed by atoms with Gasteiger partial charge in [0.05, 0.1) is 12.0 Å². The maximum Gasteiger partial charge on any atom is 0.227 e. The molecule has 0 atom stereocenters. The van der Waals surface area contributed by atoms with Gasteiger partial charge in [0.2, 0.25) is 5.91 Å². The standard InChI is InChI=1S/C14H20BrNO2/c1-9-6-11(7-10(2)13(9)15)16-12(17)8-14(3,4)18-5/h6-7H,8H2,1-5H3,(H,16,17). The molecule has 1 N–H and O–H groups in total. The lowest BCUT2D eigenvalue weighted by Gasteiger charge is -2.22. The summed E-state index contributed by atoms with van der Waals surface area (Å²) in [5, 5.41) is 2.90. The number of aryl methyl sites for hydroxylation is 2. The lowest BCUT2D eigenvalue weighted by molar-refractivity contribution is -0.121. The van der Waals surface area contributed by atoms with Gasteiger partial charge in [-0.25, -0.2) is 0 Å². The van der Waals surface area contributed by atoms with Gasteiger partial charge in [-0.3, -0.25) is 4.79 Å². The number of hydrogen-bond acceptors (Lipinski definition) is 2. The van der Waals surface area contributed by atoms with Crippen LogP contribution in [-0.4, -0.2) is 18.6 Å². The molecule has 18 heavy (non-hydrogen) atoms. The van der Waals surface area contributed by atoms with Gasteiger partial charge in [-0.05, 0) is 51.0 Å². The van der Waals surface area contributed by atoms with Gasteiger partial charge in [0, 0.05) is 17.3 Å². The highest BCUT2D eigenvalue weighted by molar-refractivity contribution is 9.10. The van der Waals surface area contributed by atoms with Gasteiger partial charge < -0.3 is 10.1 Å². The van der Waals surface area contributed by atoms with Crippen molar-refractivity contribution >= 4 is 27.5 Å². The number of carbonyl (C=O) groups is 1. The van der Waals surface area contributed by atoms with E-state index < -0.39 is 5.60 Å². The molecule has 0 aromatic heterocycles. The Labute approximate surface area is 117 Å². The Balaban J connectivity index is 2.77. The van der Waals surface area contributed by atoms with E-state index in [-0.39, 0.29) is 5.91 Å².